The fourth-order valence-corrected chi connectivity index (χ4v) is 1.91. The van der Waals surface area contributed by atoms with Crippen LogP contribution in [0.25, 0.3) is 0 Å². The van der Waals surface area contributed by atoms with Gasteiger partial charge in [0.05, 0.1) is 11.8 Å². The Balaban J connectivity index is 2.22. The van der Waals surface area contributed by atoms with E-state index in [1.54, 1.807) is 24.3 Å². The standard InChI is InChI=1S/C10H13N3O5S/c1-7(2)16-9-5-3-8(4-6-9)13-10(11)12-17-19(14,15)18-13/h3-7H,1-2H3,(H2,11,12). The van der Waals surface area contributed by atoms with Gasteiger partial charge in [-0.25, -0.2) is 4.28 Å². The topological polar surface area (TPSA) is 103 Å². The van der Waals surface area contributed by atoms with E-state index in [-0.39, 0.29) is 12.1 Å². The van der Waals surface area contributed by atoms with Gasteiger partial charge in [0.1, 0.15) is 5.75 Å². The number of ether oxygens (including phenoxy) is 1. The van der Waals surface area contributed by atoms with E-state index in [0.717, 1.165) is 5.06 Å². The number of nitrogens with zero attached hydrogens (tertiary/aromatic N) is 2. The second-order valence-electron chi connectivity index (χ2n) is 3.96. The first-order valence-electron chi connectivity index (χ1n) is 5.41. The monoisotopic (exact) mass is 287 g/mol. The molecule has 104 valence electrons. The summed E-state index contributed by atoms with van der Waals surface area (Å²) >= 11 is 0. The fraction of sp³-hybridized carbons (Fsp3) is 0.300. The van der Waals surface area contributed by atoms with Gasteiger partial charge in [-0.2, -0.15) is 13.5 Å². The molecule has 1 aliphatic heterocycles. The molecular weight excluding hydrogens is 274 g/mol. The molecule has 2 rings (SSSR count). The number of benzene rings is 1. The highest BCUT2D eigenvalue weighted by Gasteiger charge is 2.28. The summed E-state index contributed by atoms with van der Waals surface area (Å²) < 4.78 is 36.3. The molecule has 1 heterocycles. The molecule has 2 N–H and O–H groups in total. The molecule has 0 amide bonds. The molecule has 0 spiro atoms. The molecule has 0 bridgehead atoms. The lowest BCUT2D eigenvalue weighted by Crippen LogP contribution is -2.42. The molecule has 0 aliphatic carbocycles. The van der Waals surface area contributed by atoms with Crippen molar-refractivity contribution in [1.82, 2.24) is 0 Å². The first-order valence-corrected chi connectivity index (χ1v) is 6.74. The number of hydrogen-bond acceptors (Lipinski definition) is 8. The van der Waals surface area contributed by atoms with E-state index in [2.05, 4.69) is 13.7 Å². The zero-order valence-electron chi connectivity index (χ0n) is 10.3. The van der Waals surface area contributed by atoms with Crippen molar-refractivity contribution in [2.45, 2.75) is 20.0 Å². The largest absolute Gasteiger partial charge is 0.491 e. The molecule has 8 nitrogen and oxygen atoms in total. The lowest BCUT2D eigenvalue weighted by atomic mass is 10.3. The number of hydroxylamine groups is 1. The molecule has 1 aliphatic rings. The van der Waals surface area contributed by atoms with Crippen LogP contribution in [-0.4, -0.2) is 20.5 Å². The summed E-state index contributed by atoms with van der Waals surface area (Å²) in [5, 5.41) is 4.03. The summed E-state index contributed by atoms with van der Waals surface area (Å²) in [5.74, 6) is 0.415. The van der Waals surface area contributed by atoms with E-state index in [1.165, 1.54) is 0 Å². The van der Waals surface area contributed by atoms with E-state index in [4.69, 9.17) is 10.5 Å². The van der Waals surface area contributed by atoms with Crippen molar-refractivity contribution in [3.63, 3.8) is 0 Å². The summed E-state index contributed by atoms with van der Waals surface area (Å²) in [5.41, 5.74) is 5.86. The minimum atomic E-state index is -4.21. The second kappa shape index (κ2) is 4.94. The van der Waals surface area contributed by atoms with Gasteiger partial charge < -0.3 is 10.5 Å². The molecule has 0 radical (unpaired) electrons. The van der Waals surface area contributed by atoms with Crippen molar-refractivity contribution in [1.29, 1.82) is 0 Å². The van der Waals surface area contributed by atoms with E-state index in [1.807, 2.05) is 13.8 Å². The molecule has 19 heavy (non-hydrogen) atoms. The predicted molar refractivity (Wildman–Crippen MR) is 67.4 cm³/mol. The van der Waals surface area contributed by atoms with Gasteiger partial charge in [0.15, 0.2) is 0 Å². The molecule has 1 aromatic carbocycles. The Hall–Kier alpha value is -2.00. The Bertz CT molecular complexity index is 582. The number of oxime groups is 1. The van der Waals surface area contributed by atoms with Crippen molar-refractivity contribution in [2.75, 3.05) is 5.06 Å². The Kier molecular flexibility index (Phi) is 3.49. The van der Waals surface area contributed by atoms with E-state index >= 15 is 0 Å². The maximum Gasteiger partial charge on any atom is 0.491 e. The van der Waals surface area contributed by atoms with Gasteiger partial charge in [0, 0.05) is 0 Å². The van der Waals surface area contributed by atoms with Crippen LogP contribution in [0.4, 0.5) is 5.69 Å². The van der Waals surface area contributed by atoms with Crippen molar-refractivity contribution in [2.24, 2.45) is 10.9 Å². The average molecular weight is 287 g/mol. The molecule has 0 unspecified atom stereocenters. The summed E-state index contributed by atoms with van der Waals surface area (Å²) in [7, 11) is -4.21. The quantitative estimate of drug-likeness (QED) is 0.873. The first kappa shape index (κ1) is 13.4. The van der Waals surface area contributed by atoms with Crippen molar-refractivity contribution >= 4 is 22.0 Å². The maximum atomic E-state index is 11.1. The second-order valence-corrected chi connectivity index (χ2v) is 5.08. The number of guanidine groups is 1. The third-order valence-corrected chi connectivity index (χ3v) is 2.63. The normalized spacial score (nSPS) is 17.8. The van der Waals surface area contributed by atoms with Crippen LogP contribution in [0, 0.1) is 0 Å². The van der Waals surface area contributed by atoms with Gasteiger partial charge >= 0.3 is 10.4 Å². The molecule has 0 atom stereocenters. The van der Waals surface area contributed by atoms with Gasteiger partial charge in [-0.3, -0.25) is 0 Å². The Morgan fingerprint density at radius 2 is 1.95 bits per heavy atom. The maximum absolute atomic E-state index is 11.1. The zero-order valence-corrected chi connectivity index (χ0v) is 11.1. The lowest BCUT2D eigenvalue weighted by molar-refractivity contribution is 0.202. The molecular formula is C10H13N3O5S. The van der Waals surface area contributed by atoms with Crippen LogP contribution in [0.1, 0.15) is 13.8 Å². The van der Waals surface area contributed by atoms with Crippen LogP contribution in [-0.2, 0) is 19.0 Å². The third kappa shape index (κ3) is 3.26. The van der Waals surface area contributed by atoms with Crippen LogP contribution in [0.15, 0.2) is 29.4 Å². The van der Waals surface area contributed by atoms with Crippen LogP contribution in [0.5, 0.6) is 5.75 Å². The SMILES string of the molecule is CC(C)Oc1ccc(N2OS(=O)(=O)ON=C2N)cc1. The van der Waals surface area contributed by atoms with Gasteiger partial charge in [-0.1, -0.05) is 0 Å². The lowest BCUT2D eigenvalue weighted by Gasteiger charge is -2.23. The van der Waals surface area contributed by atoms with Gasteiger partial charge in [0.25, 0.3) is 5.96 Å². The molecule has 9 heteroatoms. The summed E-state index contributed by atoms with van der Waals surface area (Å²) in [4.78, 5) is 0. The molecule has 1 aromatic rings. The Morgan fingerprint density at radius 3 is 2.53 bits per heavy atom. The third-order valence-electron chi connectivity index (χ3n) is 2.04. The molecule has 0 aromatic heterocycles. The van der Waals surface area contributed by atoms with E-state index in [9.17, 15) is 8.42 Å². The fourth-order valence-electron chi connectivity index (χ4n) is 1.37. The number of anilines is 1. The van der Waals surface area contributed by atoms with Crippen molar-refractivity contribution in [3.8, 4) is 5.75 Å². The number of rotatable bonds is 3. The predicted octanol–water partition coefficient (Wildman–Crippen LogP) is 0.716. The highest BCUT2D eigenvalue weighted by Crippen LogP contribution is 2.23. The first-order chi connectivity index (χ1) is 8.87. The summed E-state index contributed by atoms with van der Waals surface area (Å²) in [6, 6.07) is 6.49. The molecule has 0 fully saturated rings. The highest BCUT2D eigenvalue weighted by molar-refractivity contribution is 7.82. The van der Waals surface area contributed by atoms with E-state index in [0.29, 0.717) is 11.4 Å². The van der Waals surface area contributed by atoms with E-state index < -0.39 is 10.4 Å². The zero-order chi connectivity index (χ0) is 14.0. The average Bonchev–Trinajstić information content (AvgIpc) is 2.33. The summed E-state index contributed by atoms with van der Waals surface area (Å²) in [6.45, 7) is 3.80. The van der Waals surface area contributed by atoms with Gasteiger partial charge in [0.2, 0.25) is 0 Å². The van der Waals surface area contributed by atoms with Crippen LogP contribution in [0.2, 0.25) is 0 Å². The Morgan fingerprint density at radius 1 is 1.32 bits per heavy atom. The van der Waals surface area contributed by atoms with Gasteiger partial charge in [-0.15, -0.1) is 4.28 Å². The highest BCUT2D eigenvalue weighted by atomic mass is 32.3. The number of hydrogen-bond donors (Lipinski definition) is 1. The van der Waals surface area contributed by atoms with Crippen LogP contribution < -0.4 is 15.5 Å². The number of nitrogens with two attached hydrogens (primary N) is 1. The van der Waals surface area contributed by atoms with Crippen LogP contribution in [0.3, 0.4) is 0 Å². The molecule has 0 saturated heterocycles. The van der Waals surface area contributed by atoms with Gasteiger partial charge in [-0.05, 0) is 43.3 Å². The Labute approximate surface area is 110 Å². The summed E-state index contributed by atoms with van der Waals surface area (Å²) in [6.07, 6.45) is 0.0393. The minimum Gasteiger partial charge on any atom is -0.491 e. The van der Waals surface area contributed by atoms with Crippen molar-refractivity contribution < 1.29 is 21.7 Å². The minimum absolute atomic E-state index is 0.0393. The van der Waals surface area contributed by atoms with Crippen molar-refractivity contribution in [3.05, 3.63) is 24.3 Å². The van der Waals surface area contributed by atoms with Crippen LogP contribution >= 0.6 is 0 Å². The smallest absolute Gasteiger partial charge is 0.491 e. The molecule has 0 saturated carbocycles.